The SMILES string of the molecule is CCCSC(SCCC)=C(C(C)=O)C(=O)Nc1ccccc1. The van der Waals surface area contributed by atoms with E-state index in [1.807, 2.05) is 30.3 Å². The summed E-state index contributed by atoms with van der Waals surface area (Å²) in [5.41, 5.74) is 0.979. The molecular formula is C17H23NO2S2. The molecule has 3 nitrogen and oxygen atoms in total. The first-order valence-corrected chi connectivity index (χ1v) is 9.44. The topological polar surface area (TPSA) is 46.2 Å². The molecule has 1 aromatic carbocycles. The summed E-state index contributed by atoms with van der Waals surface area (Å²) in [5, 5.41) is 2.81. The summed E-state index contributed by atoms with van der Waals surface area (Å²) < 4.78 is 0.838. The maximum atomic E-state index is 12.5. The van der Waals surface area contributed by atoms with Gasteiger partial charge in [0.1, 0.15) is 5.57 Å². The predicted molar refractivity (Wildman–Crippen MR) is 98.3 cm³/mol. The number of anilines is 1. The Morgan fingerprint density at radius 2 is 1.55 bits per heavy atom. The molecule has 5 heteroatoms. The van der Waals surface area contributed by atoms with Crippen molar-refractivity contribution < 1.29 is 9.59 Å². The summed E-state index contributed by atoms with van der Waals surface area (Å²) >= 11 is 3.20. The van der Waals surface area contributed by atoms with E-state index in [4.69, 9.17) is 0 Å². The molecular weight excluding hydrogens is 314 g/mol. The second kappa shape index (κ2) is 10.5. The Kier molecular flexibility index (Phi) is 9.01. The molecule has 1 N–H and O–H groups in total. The van der Waals surface area contributed by atoms with Crippen molar-refractivity contribution in [2.24, 2.45) is 0 Å². The smallest absolute Gasteiger partial charge is 0.260 e. The summed E-state index contributed by atoms with van der Waals surface area (Å²) in [6.45, 7) is 5.64. The number of para-hydroxylation sites is 1. The van der Waals surface area contributed by atoms with E-state index >= 15 is 0 Å². The van der Waals surface area contributed by atoms with Gasteiger partial charge in [-0.15, -0.1) is 23.5 Å². The molecule has 0 saturated carbocycles. The molecule has 0 unspecified atom stereocenters. The first kappa shape index (κ1) is 18.8. The minimum Gasteiger partial charge on any atom is -0.322 e. The van der Waals surface area contributed by atoms with Gasteiger partial charge in [0.25, 0.3) is 5.91 Å². The molecule has 0 fully saturated rings. The second-order valence-corrected chi connectivity index (χ2v) is 7.20. The summed E-state index contributed by atoms with van der Waals surface area (Å²) in [6, 6.07) is 9.22. The average molecular weight is 338 g/mol. The zero-order valence-electron chi connectivity index (χ0n) is 13.3. The third-order valence-corrected chi connectivity index (χ3v) is 5.55. The number of hydrogen-bond donors (Lipinski definition) is 1. The van der Waals surface area contributed by atoms with Gasteiger partial charge in [0, 0.05) is 5.69 Å². The number of carbonyl (C=O) groups excluding carboxylic acids is 2. The van der Waals surface area contributed by atoms with Gasteiger partial charge in [-0.05, 0) is 43.4 Å². The molecule has 1 amide bonds. The van der Waals surface area contributed by atoms with Crippen LogP contribution in [0, 0.1) is 0 Å². The first-order valence-electron chi connectivity index (χ1n) is 7.47. The Morgan fingerprint density at radius 1 is 1.00 bits per heavy atom. The minimum absolute atomic E-state index is 0.185. The largest absolute Gasteiger partial charge is 0.322 e. The predicted octanol–water partition coefficient (Wildman–Crippen LogP) is 4.71. The highest BCUT2D eigenvalue weighted by molar-refractivity contribution is 8.22. The van der Waals surface area contributed by atoms with Gasteiger partial charge < -0.3 is 5.32 Å². The van der Waals surface area contributed by atoms with Crippen molar-refractivity contribution >= 4 is 40.9 Å². The van der Waals surface area contributed by atoms with Gasteiger partial charge in [-0.1, -0.05) is 32.0 Å². The molecule has 0 aliphatic carbocycles. The molecule has 0 aliphatic heterocycles. The lowest BCUT2D eigenvalue weighted by Crippen LogP contribution is -2.20. The first-order chi connectivity index (χ1) is 10.6. The fraction of sp³-hybridized carbons (Fsp3) is 0.412. The van der Waals surface area contributed by atoms with E-state index in [0.29, 0.717) is 5.69 Å². The monoisotopic (exact) mass is 337 g/mol. The van der Waals surface area contributed by atoms with Crippen molar-refractivity contribution in [2.75, 3.05) is 16.8 Å². The number of thioether (sulfide) groups is 2. The van der Waals surface area contributed by atoms with E-state index in [1.165, 1.54) is 6.92 Å². The van der Waals surface area contributed by atoms with Gasteiger partial charge in [0.2, 0.25) is 0 Å². The van der Waals surface area contributed by atoms with E-state index in [9.17, 15) is 9.59 Å². The second-order valence-electron chi connectivity index (χ2n) is 4.74. The fourth-order valence-electron chi connectivity index (χ4n) is 1.69. The lowest BCUT2D eigenvalue weighted by atomic mass is 10.2. The summed E-state index contributed by atoms with van der Waals surface area (Å²) in [4.78, 5) is 24.5. The molecule has 0 aliphatic rings. The van der Waals surface area contributed by atoms with E-state index < -0.39 is 0 Å². The maximum absolute atomic E-state index is 12.5. The van der Waals surface area contributed by atoms with Crippen LogP contribution in [0.5, 0.6) is 0 Å². The third kappa shape index (κ3) is 6.28. The number of rotatable bonds is 9. The number of ketones is 1. The Labute approximate surface area is 141 Å². The Bertz CT molecular complexity index is 517. The van der Waals surface area contributed by atoms with Crippen molar-refractivity contribution in [3.05, 3.63) is 40.1 Å². The maximum Gasteiger partial charge on any atom is 0.260 e. The van der Waals surface area contributed by atoms with E-state index in [-0.39, 0.29) is 17.3 Å². The zero-order valence-corrected chi connectivity index (χ0v) is 15.0. The lowest BCUT2D eigenvalue weighted by molar-refractivity contribution is -0.118. The van der Waals surface area contributed by atoms with Crippen molar-refractivity contribution in [2.45, 2.75) is 33.6 Å². The molecule has 1 aromatic rings. The molecule has 120 valence electrons. The van der Waals surface area contributed by atoms with Crippen molar-refractivity contribution in [3.8, 4) is 0 Å². The van der Waals surface area contributed by atoms with Crippen LogP contribution in [0.25, 0.3) is 0 Å². The normalized spacial score (nSPS) is 10.1. The van der Waals surface area contributed by atoms with E-state index in [0.717, 1.165) is 28.6 Å². The molecule has 1 rings (SSSR count). The highest BCUT2D eigenvalue weighted by atomic mass is 32.2. The van der Waals surface area contributed by atoms with Gasteiger partial charge in [-0.3, -0.25) is 9.59 Å². The standard InChI is InChI=1S/C17H23NO2S2/c1-4-11-21-17(22-12-5-2)15(13(3)19)16(20)18-14-9-7-6-8-10-14/h6-10H,4-5,11-12H2,1-3H3,(H,18,20). The van der Waals surface area contributed by atoms with Crippen molar-refractivity contribution in [1.29, 1.82) is 0 Å². The van der Waals surface area contributed by atoms with Gasteiger partial charge >= 0.3 is 0 Å². The molecule has 22 heavy (non-hydrogen) atoms. The quantitative estimate of drug-likeness (QED) is 0.403. The molecule has 0 atom stereocenters. The summed E-state index contributed by atoms with van der Waals surface area (Å²) in [6.07, 6.45) is 2.01. The average Bonchev–Trinajstić information content (AvgIpc) is 2.50. The fourth-order valence-corrected chi connectivity index (χ4v) is 4.06. The van der Waals surface area contributed by atoms with Crippen LogP contribution in [0.3, 0.4) is 0 Å². The number of Topliss-reactive ketones (excluding diaryl/α,β-unsaturated/α-hetero) is 1. The number of hydrogen-bond acceptors (Lipinski definition) is 4. The number of nitrogens with one attached hydrogen (secondary N) is 1. The van der Waals surface area contributed by atoms with Crippen LogP contribution in [-0.2, 0) is 9.59 Å². The Morgan fingerprint density at radius 3 is 2.00 bits per heavy atom. The number of benzene rings is 1. The highest BCUT2D eigenvalue weighted by Gasteiger charge is 2.21. The van der Waals surface area contributed by atoms with Crippen LogP contribution < -0.4 is 5.32 Å². The molecule has 0 aromatic heterocycles. The number of amides is 1. The minimum atomic E-state index is -0.319. The molecule has 0 radical (unpaired) electrons. The van der Waals surface area contributed by atoms with Crippen LogP contribution in [0.15, 0.2) is 40.1 Å². The van der Waals surface area contributed by atoms with Crippen LogP contribution >= 0.6 is 23.5 Å². The van der Waals surface area contributed by atoms with Gasteiger partial charge in [-0.25, -0.2) is 0 Å². The Balaban J connectivity index is 3.01. The van der Waals surface area contributed by atoms with Gasteiger partial charge in [0.05, 0.1) is 4.24 Å². The van der Waals surface area contributed by atoms with E-state index in [2.05, 4.69) is 19.2 Å². The lowest BCUT2D eigenvalue weighted by Gasteiger charge is -2.12. The van der Waals surface area contributed by atoms with Gasteiger partial charge in [-0.2, -0.15) is 0 Å². The van der Waals surface area contributed by atoms with Crippen LogP contribution in [-0.4, -0.2) is 23.2 Å². The molecule has 0 heterocycles. The van der Waals surface area contributed by atoms with Crippen molar-refractivity contribution in [1.82, 2.24) is 0 Å². The van der Waals surface area contributed by atoms with Crippen molar-refractivity contribution in [3.63, 3.8) is 0 Å². The van der Waals surface area contributed by atoms with Crippen LogP contribution in [0.2, 0.25) is 0 Å². The third-order valence-electron chi connectivity index (χ3n) is 2.69. The van der Waals surface area contributed by atoms with Gasteiger partial charge in [0.15, 0.2) is 5.78 Å². The van der Waals surface area contributed by atoms with Crippen LogP contribution in [0.1, 0.15) is 33.6 Å². The molecule has 0 saturated heterocycles. The highest BCUT2D eigenvalue weighted by Crippen LogP contribution is 2.33. The Hall–Kier alpha value is -1.20. The van der Waals surface area contributed by atoms with Crippen LogP contribution in [0.4, 0.5) is 5.69 Å². The summed E-state index contributed by atoms with van der Waals surface area (Å²) in [5.74, 6) is 1.31. The zero-order chi connectivity index (χ0) is 16.4. The number of carbonyl (C=O) groups is 2. The molecule has 0 spiro atoms. The molecule has 0 bridgehead atoms. The van der Waals surface area contributed by atoms with E-state index in [1.54, 1.807) is 23.5 Å². The summed E-state index contributed by atoms with van der Waals surface area (Å²) in [7, 11) is 0.